The van der Waals surface area contributed by atoms with Gasteiger partial charge in [0.25, 0.3) is 0 Å². The lowest BCUT2D eigenvalue weighted by Crippen LogP contribution is -1.99. The van der Waals surface area contributed by atoms with E-state index >= 15 is 0 Å². The molecule has 0 N–H and O–H groups in total. The van der Waals surface area contributed by atoms with Gasteiger partial charge < -0.3 is 9.47 Å². The van der Waals surface area contributed by atoms with E-state index in [4.69, 9.17) is 9.47 Å². The summed E-state index contributed by atoms with van der Waals surface area (Å²) in [7, 11) is 0. The smallest absolute Gasteiger partial charge is 0.161 e. The fraction of sp³-hybridized carbons (Fsp3) is 0.429. The van der Waals surface area contributed by atoms with Crippen molar-refractivity contribution in [3.8, 4) is 11.5 Å². The SMILES string of the molecule is C=C(CC)c1ccc(OCC)c(OCC)c1. The van der Waals surface area contributed by atoms with Gasteiger partial charge in [0.2, 0.25) is 0 Å². The van der Waals surface area contributed by atoms with E-state index in [1.54, 1.807) is 0 Å². The number of allylic oxidation sites excluding steroid dienone is 1. The van der Waals surface area contributed by atoms with E-state index in [-0.39, 0.29) is 0 Å². The molecule has 1 rings (SSSR count). The molecule has 0 fully saturated rings. The van der Waals surface area contributed by atoms with Crippen molar-refractivity contribution in [3.05, 3.63) is 30.3 Å². The lowest BCUT2D eigenvalue weighted by Gasteiger charge is -2.12. The average Bonchev–Trinajstić information content (AvgIpc) is 2.31. The monoisotopic (exact) mass is 220 g/mol. The molecule has 1 aromatic carbocycles. The van der Waals surface area contributed by atoms with Crippen molar-refractivity contribution in [3.63, 3.8) is 0 Å². The Hall–Kier alpha value is -1.44. The minimum Gasteiger partial charge on any atom is -0.490 e. The van der Waals surface area contributed by atoms with Gasteiger partial charge in [0, 0.05) is 0 Å². The number of benzene rings is 1. The van der Waals surface area contributed by atoms with E-state index in [0.29, 0.717) is 13.2 Å². The maximum atomic E-state index is 5.56. The highest BCUT2D eigenvalue weighted by Crippen LogP contribution is 2.31. The molecule has 2 nitrogen and oxygen atoms in total. The summed E-state index contributed by atoms with van der Waals surface area (Å²) < 4.78 is 11.1. The summed E-state index contributed by atoms with van der Waals surface area (Å²) in [4.78, 5) is 0. The van der Waals surface area contributed by atoms with Crippen molar-refractivity contribution in [1.29, 1.82) is 0 Å². The summed E-state index contributed by atoms with van der Waals surface area (Å²) in [6.07, 6.45) is 0.944. The molecule has 0 saturated carbocycles. The van der Waals surface area contributed by atoms with Crippen LogP contribution in [0.4, 0.5) is 0 Å². The van der Waals surface area contributed by atoms with Crippen LogP contribution in [0.1, 0.15) is 32.8 Å². The standard InChI is InChI=1S/C14H20O2/c1-5-11(4)12-8-9-13(15-6-2)14(10-12)16-7-3/h8-10H,4-7H2,1-3H3. The second-order valence-corrected chi connectivity index (χ2v) is 3.48. The van der Waals surface area contributed by atoms with Crippen molar-refractivity contribution < 1.29 is 9.47 Å². The fourth-order valence-electron chi connectivity index (χ4n) is 1.48. The van der Waals surface area contributed by atoms with E-state index < -0.39 is 0 Å². The van der Waals surface area contributed by atoms with Crippen LogP contribution in [0.25, 0.3) is 5.57 Å². The normalized spacial score (nSPS) is 9.94. The molecular formula is C14H20O2. The molecule has 0 aliphatic carbocycles. The molecule has 0 amide bonds. The van der Waals surface area contributed by atoms with Gasteiger partial charge >= 0.3 is 0 Å². The lowest BCUT2D eigenvalue weighted by atomic mass is 10.1. The van der Waals surface area contributed by atoms with Crippen LogP contribution in [-0.2, 0) is 0 Å². The van der Waals surface area contributed by atoms with Crippen LogP contribution in [0.3, 0.4) is 0 Å². The van der Waals surface area contributed by atoms with Gasteiger partial charge in [-0.05, 0) is 43.5 Å². The van der Waals surface area contributed by atoms with Crippen LogP contribution in [0, 0.1) is 0 Å². The van der Waals surface area contributed by atoms with Crippen LogP contribution in [0.15, 0.2) is 24.8 Å². The van der Waals surface area contributed by atoms with Crippen LogP contribution in [0.5, 0.6) is 11.5 Å². The molecule has 0 aliphatic heterocycles. The molecule has 0 saturated heterocycles. The first kappa shape index (κ1) is 12.6. The molecular weight excluding hydrogens is 200 g/mol. The molecule has 0 heterocycles. The van der Waals surface area contributed by atoms with Gasteiger partial charge in [0.15, 0.2) is 11.5 Å². The highest BCUT2D eigenvalue weighted by molar-refractivity contribution is 5.66. The van der Waals surface area contributed by atoms with Gasteiger partial charge in [-0.2, -0.15) is 0 Å². The first-order valence-electron chi connectivity index (χ1n) is 5.80. The van der Waals surface area contributed by atoms with E-state index in [1.807, 2.05) is 32.0 Å². The molecule has 0 aromatic heterocycles. The summed E-state index contributed by atoms with van der Waals surface area (Å²) in [6, 6.07) is 5.98. The van der Waals surface area contributed by atoms with E-state index in [0.717, 1.165) is 29.1 Å². The molecule has 0 aliphatic rings. The van der Waals surface area contributed by atoms with Crippen molar-refractivity contribution in [2.45, 2.75) is 27.2 Å². The number of hydrogen-bond donors (Lipinski definition) is 0. The van der Waals surface area contributed by atoms with Crippen molar-refractivity contribution >= 4 is 5.57 Å². The minimum absolute atomic E-state index is 0.641. The first-order valence-corrected chi connectivity index (χ1v) is 5.80. The molecule has 0 bridgehead atoms. The Morgan fingerprint density at radius 1 is 1.06 bits per heavy atom. The van der Waals surface area contributed by atoms with E-state index in [1.165, 1.54) is 0 Å². The zero-order valence-electron chi connectivity index (χ0n) is 10.4. The van der Waals surface area contributed by atoms with Crippen LogP contribution in [-0.4, -0.2) is 13.2 Å². The Labute approximate surface area is 97.9 Å². The Bertz CT molecular complexity index is 356. The molecule has 88 valence electrons. The maximum Gasteiger partial charge on any atom is 0.161 e. The van der Waals surface area contributed by atoms with Gasteiger partial charge in [-0.25, -0.2) is 0 Å². The number of rotatable bonds is 6. The molecule has 1 aromatic rings. The zero-order chi connectivity index (χ0) is 12.0. The number of hydrogen-bond acceptors (Lipinski definition) is 2. The van der Waals surface area contributed by atoms with Gasteiger partial charge in [-0.1, -0.05) is 19.6 Å². The van der Waals surface area contributed by atoms with E-state index in [9.17, 15) is 0 Å². The van der Waals surface area contributed by atoms with Crippen molar-refractivity contribution in [1.82, 2.24) is 0 Å². The molecule has 0 unspecified atom stereocenters. The first-order chi connectivity index (χ1) is 7.72. The highest BCUT2D eigenvalue weighted by atomic mass is 16.5. The fourth-order valence-corrected chi connectivity index (χ4v) is 1.48. The summed E-state index contributed by atoms with van der Waals surface area (Å²) >= 11 is 0. The minimum atomic E-state index is 0.641. The predicted molar refractivity (Wildman–Crippen MR) is 68.1 cm³/mol. The van der Waals surface area contributed by atoms with Crippen LogP contribution >= 0.6 is 0 Å². The predicted octanol–water partition coefficient (Wildman–Crippen LogP) is 3.91. The summed E-state index contributed by atoms with van der Waals surface area (Å²) in [5.74, 6) is 1.61. The quantitative estimate of drug-likeness (QED) is 0.723. The Balaban J connectivity index is 3.01. The Morgan fingerprint density at radius 3 is 2.25 bits per heavy atom. The van der Waals surface area contributed by atoms with Crippen LogP contribution < -0.4 is 9.47 Å². The van der Waals surface area contributed by atoms with E-state index in [2.05, 4.69) is 13.5 Å². The second-order valence-electron chi connectivity index (χ2n) is 3.48. The van der Waals surface area contributed by atoms with Crippen molar-refractivity contribution in [2.75, 3.05) is 13.2 Å². The molecule has 16 heavy (non-hydrogen) atoms. The Kier molecular flexibility index (Phi) is 4.90. The number of ether oxygens (including phenoxy) is 2. The summed E-state index contributed by atoms with van der Waals surface area (Å²) in [5, 5.41) is 0. The third kappa shape index (κ3) is 3.02. The van der Waals surface area contributed by atoms with Crippen LogP contribution in [0.2, 0.25) is 0 Å². The van der Waals surface area contributed by atoms with Gasteiger partial charge in [-0.15, -0.1) is 0 Å². The molecule has 2 heteroatoms. The maximum absolute atomic E-state index is 5.56. The lowest BCUT2D eigenvalue weighted by molar-refractivity contribution is 0.287. The van der Waals surface area contributed by atoms with Gasteiger partial charge in [-0.3, -0.25) is 0 Å². The average molecular weight is 220 g/mol. The topological polar surface area (TPSA) is 18.5 Å². The molecule has 0 atom stereocenters. The van der Waals surface area contributed by atoms with Crippen molar-refractivity contribution in [2.24, 2.45) is 0 Å². The third-order valence-corrected chi connectivity index (χ3v) is 2.38. The van der Waals surface area contributed by atoms with Gasteiger partial charge in [0.05, 0.1) is 13.2 Å². The van der Waals surface area contributed by atoms with Gasteiger partial charge in [0.1, 0.15) is 0 Å². The summed E-state index contributed by atoms with van der Waals surface area (Å²) in [5.41, 5.74) is 2.23. The second kappa shape index (κ2) is 6.21. The Morgan fingerprint density at radius 2 is 1.69 bits per heavy atom. The molecule has 0 spiro atoms. The molecule has 0 radical (unpaired) electrons. The zero-order valence-corrected chi connectivity index (χ0v) is 10.4. The highest BCUT2D eigenvalue weighted by Gasteiger charge is 2.06. The summed E-state index contributed by atoms with van der Waals surface area (Å²) in [6.45, 7) is 11.3. The largest absolute Gasteiger partial charge is 0.490 e. The third-order valence-electron chi connectivity index (χ3n) is 2.38.